The summed E-state index contributed by atoms with van der Waals surface area (Å²) in [6, 6.07) is 0. The van der Waals surface area contributed by atoms with Crippen molar-refractivity contribution in [1.82, 2.24) is 0 Å². The smallest absolute Gasteiger partial charge is 0.822 e. The Labute approximate surface area is 384 Å². The third-order valence-electron chi connectivity index (χ3n) is 0. The predicted octanol–water partition coefficient (Wildman–Crippen LogP) is -37.8. The molecule has 0 radical (unpaired) electrons. The van der Waals surface area contributed by atoms with Gasteiger partial charge in [0, 0.05) is 0 Å². The Kier molecular flexibility index (Phi) is 119. The van der Waals surface area contributed by atoms with Crippen molar-refractivity contribution in [3.05, 3.63) is 0 Å². The summed E-state index contributed by atoms with van der Waals surface area (Å²) >= 11 is 0. The largest absolute Gasteiger partial charge is 5.00 e. The third-order valence-corrected chi connectivity index (χ3v) is 0. The number of rotatable bonds is 0. The van der Waals surface area contributed by atoms with Crippen LogP contribution >= 0.6 is 54.8 Å². The zero-order valence-electron chi connectivity index (χ0n) is 21.9. The van der Waals surface area contributed by atoms with Crippen molar-refractivity contribution in [3.63, 3.8) is 0 Å². The van der Waals surface area contributed by atoms with Crippen LogP contribution in [-0.4, -0.2) is 0 Å². The van der Waals surface area contributed by atoms with Crippen LogP contribution in [0.1, 0.15) is 0 Å². The topological polar surface area (TPSA) is 604 Å². The van der Waals surface area contributed by atoms with Crippen molar-refractivity contribution in [2.45, 2.75) is 0 Å². The van der Waals surface area contributed by atoms with E-state index in [1.165, 1.54) is 0 Å². The molecule has 0 aromatic heterocycles. The molecule has 0 saturated carbocycles. The Morgan fingerprint density at radius 2 is 0.205 bits per heavy atom. The van der Waals surface area contributed by atoms with Crippen LogP contribution < -0.4 is 248 Å². The first-order valence-electron chi connectivity index (χ1n) is 5.11. The molecule has 0 unspecified atom stereocenters. The minimum atomic E-state index is -5.39. The van der Waals surface area contributed by atoms with Gasteiger partial charge in [-0.15, -0.1) is 0 Å². The summed E-state index contributed by atoms with van der Waals surface area (Å²) in [7, 11) is -37.7. The maximum absolute atomic E-state index is 8.55. The Morgan fingerprint density at radius 1 is 0.205 bits per heavy atom. The average molecular weight is 907 g/mol. The fraction of sp³-hybridized carbons (Fsp3) is 0. The first-order valence-corrected chi connectivity index (χ1v) is 15.3. The number of hydrogen-bond acceptors (Lipinski definition) is 28. The van der Waals surface area contributed by atoms with E-state index < -0.39 is 54.8 Å². The third kappa shape index (κ3) is 2150. The molecule has 0 saturated heterocycles. The second-order valence-corrected chi connectivity index (χ2v) is 9.39. The molecule has 0 heterocycles. The Bertz CT molecular complexity index is 591. The summed E-state index contributed by atoms with van der Waals surface area (Å²) in [4.78, 5) is 180. The fourth-order valence-electron chi connectivity index (χ4n) is 0. The van der Waals surface area contributed by atoms with Gasteiger partial charge in [-0.3, -0.25) is 0 Å². The molecule has 0 aromatic rings. The van der Waals surface area contributed by atoms with E-state index in [2.05, 4.69) is 0 Å². The first-order chi connectivity index (χ1) is 14.0. The van der Waals surface area contributed by atoms with Gasteiger partial charge in [-0.25, -0.2) is 0 Å². The van der Waals surface area contributed by atoms with E-state index in [9.17, 15) is 0 Å². The van der Waals surface area contributed by atoms with E-state index in [1.54, 1.807) is 0 Å². The fourth-order valence-corrected chi connectivity index (χ4v) is 0. The van der Waals surface area contributed by atoms with Crippen LogP contribution in [0.5, 0.6) is 0 Å². The Balaban J connectivity index is -0.0000000144. The zero-order valence-corrected chi connectivity index (χ0v) is 38.4. The van der Waals surface area contributed by atoms with Crippen LogP contribution in [-0.2, 0) is 87.6 Å². The van der Waals surface area contributed by atoms with Gasteiger partial charge < -0.3 is 135 Å². The molecule has 28 nitrogen and oxygen atoms in total. The molecule has 0 aliphatic heterocycles. The Morgan fingerprint density at radius 3 is 0.205 bits per heavy atom. The van der Waals surface area contributed by atoms with Gasteiger partial charge in [0.1, 0.15) is 0 Å². The summed E-state index contributed by atoms with van der Waals surface area (Å²) in [5.74, 6) is 0. The maximum atomic E-state index is 8.55. The molecule has 0 bridgehead atoms. The van der Waals surface area contributed by atoms with Crippen LogP contribution in [0, 0.1) is 0 Å². The van der Waals surface area contributed by atoms with E-state index in [1.807, 2.05) is 0 Å². The zero-order chi connectivity index (χ0) is 31.5. The number of phosphoric acid groups is 7. The molecule has 44 heavy (non-hydrogen) atoms. The molecule has 224 valence electrons. The molecule has 0 aliphatic rings. The van der Waals surface area contributed by atoms with Crippen LogP contribution in [0.2, 0.25) is 0 Å². The summed E-state index contributed by atoms with van der Waals surface area (Å²) < 4.78 is 59.8. The molecular formula is Li3Na3O28P7V3. The average Bonchev–Trinajstić information content (AvgIpc) is 2.06. The molecule has 0 spiro atoms. The first kappa shape index (κ1) is 104. The van der Waals surface area contributed by atoms with Crippen molar-refractivity contribution in [3.8, 4) is 0 Å². The molecule has 44 heteroatoms. The van der Waals surface area contributed by atoms with E-state index in [4.69, 9.17) is 135 Å². The van der Waals surface area contributed by atoms with E-state index in [0.717, 1.165) is 0 Å². The summed E-state index contributed by atoms with van der Waals surface area (Å²) in [5.41, 5.74) is 0. The summed E-state index contributed by atoms with van der Waals surface area (Å²) in [6.07, 6.45) is 0. The second-order valence-electron chi connectivity index (χ2n) is 3.13. The monoisotopic (exact) mass is 908 g/mol. The van der Waals surface area contributed by atoms with Crippen LogP contribution in [0.4, 0.5) is 0 Å². The summed E-state index contributed by atoms with van der Waals surface area (Å²) in [5, 5.41) is 0. The van der Waals surface area contributed by atoms with Crippen LogP contribution in [0.15, 0.2) is 0 Å². The molecule has 0 aliphatic carbocycles. The van der Waals surface area contributed by atoms with Crippen LogP contribution in [0.25, 0.3) is 0 Å². The van der Waals surface area contributed by atoms with Crippen molar-refractivity contribution >= 4 is 54.8 Å². The molecule has 0 rings (SSSR count). The van der Waals surface area contributed by atoms with Gasteiger partial charge in [0.25, 0.3) is 0 Å². The van der Waals surface area contributed by atoms with E-state index >= 15 is 0 Å². The molecule has 0 fully saturated rings. The van der Waals surface area contributed by atoms with Gasteiger partial charge in [0.05, 0.1) is 0 Å². The standard InChI is InChI=1S/3Li.3Na.7H3O4P.3V/c;;;;;;7*1-5(2,3)4;;;/h;;;;;;7*(H3,1,2,3,4);;;/q6*+1;;;;;;;;3*+5/p-21. The van der Waals surface area contributed by atoms with Crippen molar-refractivity contribution < 1.29 is 336 Å². The SMILES string of the molecule is O=P([O-])([O-])[O-].O=P([O-])([O-])[O-].O=P([O-])([O-])[O-].O=P([O-])([O-])[O-].O=P([O-])([O-])[O-].O=P([O-])([O-])[O-].O=P([O-])([O-])[O-].[Li+].[Li+].[Li+].[Na+].[Na+].[Na+].[V+5].[V+5].[V+5]. The van der Waals surface area contributed by atoms with E-state index in [-0.39, 0.29) is 201 Å². The number of hydrogen-bond donors (Lipinski definition) is 0. The quantitative estimate of drug-likeness (QED) is 0.161. The molecular weight excluding hydrogens is 907 g/mol. The van der Waals surface area contributed by atoms with Gasteiger partial charge >= 0.3 is 201 Å². The minimum absolute atomic E-state index is 0. The van der Waals surface area contributed by atoms with Crippen molar-refractivity contribution in [1.29, 1.82) is 0 Å². The molecule has 0 amide bonds. The van der Waals surface area contributed by atoms with E-state index in [0.29, 0.717) is 0 Å². The van der Waals surface area contributed by atoms with Gasteiger partial charge in [-0.05, 0) is 0 Å². The Hall–Kier alpha value is 7.32. The minimum Gasteiger partial charge on any atom is -0.822 e. The van der Waals surface area contributed by atoms with Gasteiger partial charge in [0.2, 0.25) is 0 Å². The predicted molar refractivity (Wildman–Crippen MR) is 53.2 cm³/mol. The maximum Gasteiger partial charge on any atom is 5.00 e. The molecule has 0 aromatic carbocycles. The van der Waals surface area contributed by atoms with Gasteiger partial charge in [0.15, 0.2) is 0 Å². The normalized spacial score (nSPS) is 9.39. The van der Waals surface area contributed by atoms with Gasteiger partial charge in [-0.2, -0.15) is 54.8 Å². The summed E-state index contributed by atoms with van der Waals surface area (Å²) in [6.45, 7) is 0. The second kappa shape index (κ2) is 50.3. The molecule has 0 atom stereocenters. The molecule has 0 N–H and O–H groups in total. The van der Waals surface area contributed by atoms with Crippen LogP contribution in [0.3, 0.4) is 0 Å². The van der Waals surface area contributed by atoms with Gasteiger partial charge in [-0.1, -0.05) is 0 Å². The van der Waals surface area contributed by atoms with Crippen molar-refractivity contribution in [2.24, 2.45) is 0 Å². The van der Waals surface area contributed by atoms with Crippen molar-refractivity contribution in [2.75, 3.05) is 0 Å².